The van der Waals surface area contributed by atoms with Gasteiger partial charge in [0.2, 0.25) is 5.82 Å². The average molecular weight is 212 g/mol. The lowest BCUT2D eigenvalue weighted by atomic mass is 10.1. The second-order valence-corrected chi connectivity index (χ2v) is 3.19. The molecule has 1 aromatic carbocycles. The Bertz CT molecular complexity index is 349. The molecule has 82 valence electrons. The van der Waals surface area contributed by atoms with E-state index in [1.807, 2.05) is 0 Å². The summed E-state index contributed by atoms with van der Waals surface area (Å²) < 4.78 is 23.1. The van der Waals surface area contributed by atoms with Crippen molar-refractivity contribution in [1.82, 2.24) is 0 Å². The van der Waals surface area contributed by atoms with E-state index < -0.39 is 5.82 Å². The van der Waals surface area contributed by atoms with Gasteiger partial charge in [-0.15, -0.1) is 0 Å². The molecular formula is C11H13FO3. The topological polar surface area (TPSA) is 35.5 Å². The van der Waals surface area contributed by atoms with Crippen LogP contribution in [0.2, 0.25) is 0 Å². The molecule has 0 amide bonds. The molecule has 0 saturated carbocycles. The van der Waals surface area contributed by atoms with Crippen molar-refractivity contribution in [3.8, 4) is 11.5 Å². The van der Waals surface area contributed by atoms with Crippen LogP contribution in [0.5, 0.6) is 11.5 Å². The standard InChI is InChI=1S/C11H13FO3/c1-7(13)4-8-5-9(14-2)11(12)10(6-8)15-3/h5-6H,4H2,1-3H3. The van der Waals surface area contributed by atoms with E-state index >= 15 is 0 Å². The van der Waals surface area contributed by atoms with Crippen LogP contribution in [0.3, 0.4) is 0 Å². The van der Waals surface area contributed by atoms with Crippen LogP contribution in [-0.4, -0.2) is 20.0 Å². The number of carbonyl (C=O) groups is 1. The lowest BCUT2D eigenvalue weighted by Gasteiger charge is -2.09. The highest BCUT2D eigenvalue weighted by Gasteiger charge is 2.12. The van der Waals surface area contributed by atoms with Crippen LogP contribution in [0.4, 0.5) is 4.39 Å². The van der Waals surface area contributed by atoms with Gasteiger partial charge in [-0.05, 0) is 24.6 Å². The fourth-order valence-corrected chi connectivity index (χ4v) is 1.31. The maximum atomic E-state index is 13.5. The lowest BCUT2D eigenvalue weighted by Crippen LogP contribution is -2.00. The summed E-state index contributed by atoms with van der Waals surface area (Å²) in [6.45, 7) is 1.47. The van der Waals surface area contributed by atoms with Crippen molar-refractivity contribution in [2.45, 2.75) is 13.3 Å². The van der Waals surface area contributed by atoms with Crippen LogP contribution in [0.1, 0.15) is 12.5 Å². The highest BCUT2D eigenvalue weighted by atomic mass is 19.1. The van der Waals surface area contributed by atoms with E-state index in [0.29, 0.717) is 5.56 Å². The van der Waals surface area contributed by atoms with Crippen molar-refractivity contribution in [2.75, 3.05) is 14.2 Å². The highest BCUT2D eigenvalue weighted by Crippen LogP contribution is 2.28. The molecule has 1 aromatic rings. The third kappa shape index (κ3) is 2.68. The molecule has 0 saturated heterocycles. The minimum atomic E-state index is -0.549. The average Bonchev–Trinajstić information content (AvgIpc) is 2.19. The second kappa shape index (κ2) is 4.77. The van der Waals surface area contributed by atoms with Gasteiger partial charge in [0.25, 0.3) is 0 Å². The summed E-state index contributed by atoms with van der Waals surface area (Å²) in [5.74, 6) is -0.366. The molecule has 4 heteroatoms. The lowest BCUT2D eigenvalue weighted by molar-refractivity contribution is -0.116. The van der Waals surface area contributed by atoms with Gasteiger partial charge < -0.3 is 9.47 Å². The zero-order chi connectivity index (χ0) is 11.4. The summed E-state index contributed by atoms with van der Waals surface area (Å²) in [4.78, 5) is 10.9. The molecule has 0 aliphatic carbocycles. The van der Waals surface area contributed by atoms with Gasteiger partial charge in [0.05, 0.1) is 14.2 Å². The predicted octanol–water partition coefficient (Wildman–Crippen LogP) is 1.97. The second-order valence-electron chi connectivity index (χ2n) is 3.19. The van der Waals surface area contributed by atoms with Crippen LogP contribution >= 0.6 is 0 Å². The Morgan fingerprint density at radius 3 is 2.07 bits per heavy atom. The summed E-state index contributed by atoms with van der Waals surface area (Å²) in [5.41, 5.74) is 0.678. The molecule has 0 heterocycles. The zero-order valence-corrected chi connectivity index (χ0v) is 8.96. The van der Waals surface area contributed by atoms with Crippen LogP contribution < -0.4 is 9.47 Å². The quantitative estimate of drug-likeness (QED) is 0.765. The van der Waals surface area contributed by atoms with Gasteiger partial charge in [0.1, 0.15) is 5.78 Å². The molecule has 0 N–H and O–H groups in total. The summed E-state index contributed by atoms with van der Waals surface area (Å²) in [5, 5.41) is 0. The first-order chi connectivity index (χ1) is 7.08. The molecule has 0 aliphatic heterocycles. The van der Waals surface area contributed by atoms with Crippen molar-refractivity contribution >= 4 is 5.78 Å². The van der Waals surface area contributed by atoms with Gasteiger partial charge in [0, 0.05) is 6.42 Å². The van der Waals surface area contributed by atoms with Gasteiger partial charge in [0.15, 0.2) is 11.5 Å². The Balaban J connectivity index is 3.14. The zero-order valence-electron chi connectivity index (χ0n) is 8.96. The van der Waals surface area contributed by atoms with E-state index in [2.05, 4.69) is 0 Å². The Labute approximate surface area is 87.8 Å². The molecule has 15 heavy (non-hydrogen) atoms. The third-order valence-corrected chi connectivity index (χ3v) is 1.96. The number of hydrogen-bond acceptors (Lipinski definition) is 3. The first kappa shape index (κ1) is 11.5. The summed E-state index contributed by atoms with van der Waals surface area (Å²) in [6.07, 6.45) is 0.243. The number of halogens is 1. The molecule has 0 fully saturated rings. The first-order valence-electron chi connectivity index (χ1n) is 4.48. The Morgan fingerprint density at radius 2 is 1.73 bits per heavy atom. The molecule has 0 bridgehead atoms. The predicted molar refractivity (Wildman–Crippen MR) is 53.9 cm³/mol. The number of methoxy groups -OCH3 is 2. The molecule has 0 unspecified atom stereocenters. The number of hydrogen-bond donors (Lipinski definition) is 0. The summed E-state index contributed by atoms with van der Waals surface area (Å²) in [6, 6.07) is 3.00. The van der Waals surface area contributed by atoms with Crippen molar-refractivity contribution in [2.24, 2.45) is 0 Å². The number of ketones is 1. The van der Waals surface area contributed by atoms with Crippen molar-refractivity contribution in [1.29, 1.82) is 0 Å². The van der Waals surface area contributed by atoms with E-state index in [4.69, 9.17) is 9.47 Å². The Morgan fingerprint density at radius 1 is 1.27 bits per heavy atom. The van der Waals surface area contributed by atoms with E-state index in [1.54, 1.807) is 0 Å². The fraction of sp³-hybridized carbons (Fsp3) is 0.364. The van der Waals surface area contributed by atoms with Gasteiger partial charge in [-0.3, -0.25) is 4.79 Å². The van der Waals surface area contributed by atoms with Gasteiger partial charge >= 0.3 is 0 Å². The minimum absolute atomic E-state index is 0.00529. The molecule has 0 radical (unpaired) electrons. The summed E-state index contributed by atoms with van der Waals surface area (Å²) >= 11 is 0. The summed E-state index contributed by atoms with van der Waals surface area (Å²) in [7, 11) is 2.74. The maximum absolute atomic E-state index is 13.5. The smallest absolute Gasteiger partial charge is 0.206 e. The minimum Gasteiger partial charge on any atom is -0.494 e. The number of carbonyl (C=O) groups excluding carboxylic acids is 1. The monoisotopic (exact) mass is 212 g/mol. The van der Waals surface area contributed by atoms with Crippen LogP contribution in [-0.2, 0) is 11.2 Å². The highest BCUT2D eigenvalue weighted by molar-refractivity contribution is 5.78. The Hall–Kier alpha value is -1.58. The molecule has 3 nitrogen and oxygen atoms in total. The maximum Gasteiger partial charge on any atom is 0.206 e. The first-order valence-corrected chi connectivity index (χ1v) is 4.48. The van der Waals surface area contributed by atoms with Crippen LogP contribution in [0.15, 0.2) is 12.1 Å². The molecular weight excluding hydrogens is 199 g/mol. The van der Waals surface area contributed by atoms with E-state index in [1.165, 1.54) is 33.3 Å². The molecule has 0 spiro atoms. The third-order valence-electron chi connectivity index (χ3n) is 1.96. The molecule has 0 aliphatic rings. The number of ether oxygens (including phenoxy) is 2. The van der Waals surface area contributed by atoms with Crippen molar-refractivity contribution in [3.63, 3.8) is 0 Å². The van der Waals surface area contributed by atoms with Gasteiger partial charge in [-0.25, -0.2) is 0 Å². The van der Waals surface area contributed by atoms with Gasteiger partial charge in [-0.2, -0.15) is 4.39 Å². The van der Waals surface area contributed by atoms with E-state index in [0.717, 1.165) is 0 Å². The molecule has 0 aromatic heterocycles. The normalized spacial score (nSPS) is 9.87. The van der Waals surface area contributed by atoms with E-state index in [9.17, 15) is 9.18 Å². The van der Waals surface area contributed by atoms with Crippen LogP contribution in [0, 0.1) is 5.82 Å². The van der Waals surface area contributed by atoms with Crippen LogP contribution in [0.25, 0.3) is 0 Å². The fourth-order valence-electron chi connectivity index (χ4n) is 1.31. The van der Waals surface area contributed by atoms with Crippen molar-refractivity contribution in [3.05, 3.63) is 23.5 Å². The number of Topliss-reactive ketones (excluding diaryl/α,β-unsaturated/α-hetero) is 1. The number of benzene rings is 1. The van der Waals surface area contributed by atoms with Crippen molar-refractivity contribution < 1.29 is 18.7 Å². The molecule has 1 rings (SSSR count). The SMILES string of the molecule is COc1cc(CC(C)=O)cc(OC)c1F. The Kier molecular flexibility index (Phi) is 3.66. The largest absolute Gasteiger partial charge is 0.494 e. The van der Waals surface area contributed by atoms with Gasteiger partial charge in [-0.1, -0.05) is 0 Å². The molecule has 0 atom stereocenters. The number of rotatable bonds is 4. The van der Waals surface area contributed by atoms with E-state index in [-0.39, 0.29) is 23.7 Å².